The van der Waals surface area contributed by atoms with E-state index in [0.717, 1.165) is 0 Å². The molecule has 1 aromatic rings. The SMILES string of the molecule is O=c1[nH]cc(C#CCCS)cc1O. The Morgan fingerprint density at radius 2 is 2.38 bits per heavy atom. The third-order valence-electron chi connectivity index (χ3n) is 1.35. The first kappa shape index (κ1) is 9.75. The Hall–Kier alpha value is -1.34. The monoisotopic (exact) mass is 195 g/mol. The van der Waals surface area contributed by atoms with Crippen LogP contribution >= 0.6 is 12.6 Å². The number of hydrogen-bond donors (Lipinski definition) is 3. The van der Waals surface area contributed by atoms with Crippen molar-refractivity contribution in [2.75, 3.05) is 5.75 Å². The number of aromatic nitrogens is 1. The normalized spacial score (nSPS) is 9.00. The zero-order valence-corrected chi connectivity index (χ0v) is 7.77. The lowest BCUT2D eigenvalue weighted by atomic mass is 10.2. The molecule has 0 aliphatic rings. The maximum Gasteiger partial charge on any atom is 0.290 e. The van der Waals surface area contributed by atoms with Gasteiger partial charge in [0.05, 0.1) is 0 Å². The first-order valence-electron chi connectivity index (χ1n) is 3.75. The van der Waals surface area contributed by atoms with Crippen LogP contribution in [0.3, 0.4) is 0 Å². The molecule has 0 atom stereocenters. The summed E-state index contributed by atoms with van der Waals surface area (Å²) in [5.41, 5.74) is 0.0960. The summed E-state index contributed by atoms with van der Waals surface area (Å²) in [4.78, 5) is 13.1. The number of thiol groups is 1. The van der Waals surface area contributed by atoms with Crippen molar-refractivity contribution in [1.82, 2.24) is 4.98 Å². The van der Waals surface area contributed by atoms with E-state index in [1.807, 2.05) is 0 Å². The Morgan fingerprint density at radius 1 is 1.62 bits per heavy atom. The molecule has 68 valence electrons. The zero-order valence-electron chi connectivity index (χ0n) is 6.87. The summed E-state index contributed by atoms with van der Waals surface area (Å²) < 4.78 is 0. The van der Waals surface area contributed by atoms with E-state index in [4.69, 9.17) is 5.11 Å². The van der Waals surface area contributed by atoms with Crippen LogP contribution in [0.15, 0.2) is 17.1 Å². The molecule has 0 saturated carbocycles. The summed E-state index contributed by atoms with van der Waals surface area (Å²) in [6.45, 7) is 0. The number of rotatable bonds is 1. The second-order valence-corrected chi connectivity index (χ2v) is 2.83. The highest BCUT2D eigenvalue weighted by atomic mass is 32.1. The molecule has 0 spiro atoms. The van der Waals surface area contributed by atoms with E-state index in [0.29, 0.717) is 17.7 Å². The van der Waals surface area contributed by atoms with Gasteiger partial charge in [-0.05, 0) is 0 Å². The third kappa shape index (κ3) is 2.88. The van der Waals surface area contributed by atoms with Gasteiger partial charge in [-0.15, -0.1) is 0 Å². The Bertz CT molecular complexity index is 400. The van der Waals surface area contributed by atoms with Crippen LogP contribution in [0.1, 0.15) is 12.0 Å². The fourth-order valence-corrected chi connectivity index (χ4v) is 0.876. The molecule has 0 aliphatic carbocycles. The molecule has 1 rings (SSSR count). The average molecular weight is 195 g/mol. The van der Waals surface area contributed by atoms with Crippen LogP contribution in [0.4, 0.5) is 0 Å². The molecule has 3 nitrogen and oxygen atoms in total. The smallest absolute Gasteiger partial charge is 0.290 e. The minimum atomic E-state index is -0.500. The van der Waals surface area contributed by atoms with Crippen molar-refractivity contribution in [3.05, 3.63) is 28.2 Å². The van der Waals surface area contributed by atoms with Gasteiger partial charge in [0.15, 0.2) is 5.75 Å². The van der Waals surface area contributed by atoms with Gasteiger partial charge in [0.1, 0.15) is 0 Å². The van der Waals surface area contributed by atoms with Gasteiger partial charge in [-0.1, -0.05) is 11.8 Å². The van der Waals surface area contributed by atoms with Gasteiger partial charge in [-0.2, -0.15) is 12.6 Å². The van der Waals surface area contributed by atoms with E-state index >= 15 is 0 Å². The van der Waals surface area contributed by atoms with E-state index in [1.165, 1.54) is 12.3 Å². The van der Waals surface area contributed by atoms with Crippen LogP contribution < -0.4 is 5.56 Å². The predicted octanol–water partition coefficient (Wildman–Crippen LogP) is 0.752. The van der Waals surface area contributed by atoms with Gasteiger partial charge in [0.25, 0.3) is 5.56 Å². The second-order valence-electron chi connectivity index (χ2n) is 2.38. The molecular formula is C9H9NO2S. The summed E-state index contributed by atoms with van der Waals surface area (Å²) in [6.07, 6.45) is 2.15. The Labute approximate surface area is 81.2 Å². The molecule has 0 bridgehead atoms. The zero-order chi connectivity index (χ0) is 9.68. The van der Waals surface area contributed by atoms with Crippen LogP contribution in [-0.4, -0.2) is 15.8 Å². The maximum atomic E-state index is 10.7. The van der Waals surface area contributed by atoms with Crippen LogP contribution in [-0.2, 0) is 0 Å². The van der Waals surface area contributed by atoms with Crippen LogP contribution in [0, 0.1) is 11.8 Å². The fraction of sp³-hybridized carbons (Fsp3) is 0.222. The molecule has 4 heteroatoms. The minimum absolute atomic E-state index is 0.308. The van der Waals surface area contributed by atoms with Crippen molar-refractivity contribution < 1.29 is 5.11 Å². The van der Waals surface area contributed by atoms with Gasteiger partial charge in [-0.3, -0.25) is 4.79 Å². The third-order valence-corrected chi connectivity index (χ3v) is 1.58. The van der Waals surface area contributed by atoms with Crippen molar-refractivity contribution in [3.8, 4) is 17.6 Å². The average Bonchev–Trinajstić information content (AvgIpc) is 2.12. The number of H-pyrrole nitrogens is 1. The molecule has 0 radical (unpaired) electrons. The van der Waals surface area contributed by atoms with Crippen molar-refractivity contribution in [2.45, 2.75) is 6.42 Å². The number of aromatic amines is 1. The minimum Gasteiger partial charge on any atom is -0.503 e. The van der Waals surface area contributed by atoms with Crippen molar-refractivity contribution in [2.24, 2.45) is 0 Å². The summed E-state index contributed by atoms with van der Waals surface area (Å²) in [5, 5.41) is 9.03. The Kier molecular flexibility index (Phi) is 3.47. The number of pyridine rings is 1. The van der Waals surface area contributed by atoms with E-state index in [2.05, 4.69) is 29.5 Å². The predicted molar refractivity (Wildman–Crippen MR) is 54.1 cm³/mol. The maximum absolute atomic E-state index is 10.7. The number of aromatic hydroxyl groups is 1. The molecule has 13 heavy (non-hydrogen) atoms. The highest BCUT2D eigenvalue weighted by Crippen LogP contribution is 2.01. The first-order chi connectivity index (χ1) is 6.24. The van der Waals surface area contributed by atoms with Gasteiger partial charge >= 0.3 is 0 Å². The standard InChI is InChI=1S/C9H9NO2S/c11-8-5-7(3-1-2-4-13)6-10-9(8)12/h5-6,11,13H,2,4H2,(H,10,12). The van der Waals surface area contributed by atoms with E-state index in [9.17, 15) is 4.79 Å². The van der Waals surface area contributed by atoms with Crippen LogP contribution in [0.2, 0.25) is 0 Å². The highest BCUT2D eigenvalue weighted by molar-refractivity contribution is 7.80. The van der Waals surface area contributed by atoms with Crippen molar-refractivity contribution in [3.63, 3.8) is 0 Å². The summed E-state index contributed by atoms with van der Waals surface area (Å²) in [5.74, 6) is 6.01. The number of nitrogens with one attached hydrogen (secondary N) is 1. The lowest BCUT2D eigenvalue weighted by molar-refractivity contribution is 0.466. The van der Waals surface area contributed by atoms with Gasteiger partial charge in [0, 0.05) is 30.0 Å². The molecular weight excluding hydrogens is 186 g/mol. The highest BCUT2D eigenvalue weighted by Gasteiger charge is 1.95. The summed E-state index contributed by atoms with van der Waals surface area (Å²) in [7, 11) is 0. The second kappa shape index (κ2) is 4.63. The van der Waals surface area contributed by atoms with Gasteiger partial charge < -0.3 is 10.1 Å². The fourth-order valence-electron chi connectivity index (χ4n) is 0.764. The molecule has 0 aliphatic heterocycles. The molecule has 1 aromatic heterocycles. The summed E-state index contributed by atoms with van der Waals surface area (Å²) in [6, 6.07) is 1.34. The lowest BCUT2D eigenvalue weighted by Crippen LogP contribution is -2.03. The van der Waals surface area contributed by atoms with E-state index < -0.39 is 5.56 Å². The molecule has 1 heterocycles. The molecule has 0 unspecified atom stereocenters. The van der Waals surface area contributed by atoms with Gasteiger partial charge in [0.2, 0.25) is 0 Å². The summed E-state index contributed by atoms with van der Waals surface area (Å²) >= 11 is 3.99. The lowest BCUT2D eigenvalue weighted by Gasteiger charge is -1.90. The number of hydrogen-bond acceptors (Lipinski definition) is 3. The van der Waals surface area contributed by atoms with E-state index in [1.54, 1.807) is 0 Å². The Balaban J connectivity index is 2.87. The van der Waals surface area contributed by atoms with Crippen LogP contribution in [0.5, 0.6) is 5.75 Å². The molecule has 2 N–H and O–H groups in total. The van der Waals surface area contributed by atoms with Crippen LogP contribution in [0.25, 0.3) is 0 Å². The molecule has 0 amide bonds. The quantitative estimate of drug-likeness (QED) is 0.457. The van der Waals surface area contributed by atoms with Crippen molar-refractivity contribution >= 4 is 12.6 Å². The topological polar surface area (TPSA) is 53.1 Å². The largest absolute Gasteiger partial charge is 0.503 e. The molecule has 0 saturated heterocycles. The molecule has 0 aromatic carbocycles. The first-order valence-corrected chi connectivity index (χ1v) is 4.38. The Morgan fingerprint density at radius 3 is 3.00 bits per heavy atom. The van der Waals surface area contributed by atoms with Gasteiger partial charge in [-0.25, -0.2) is 0 Å². The van der Waals surface area contributed by atoms with Crippen molar-refractivity contribution in [1.29, 1.82) is 0 Å². The van der Waals surface area contributed by atoms with E-state index in [-0.39, 0.29) is 5.75 Å². The molecule has 0 fully saturated rings.